The standard InChI is InChI=1S/C35H53N3O5/c1-10-11-12-13-14-21-38(33(41)28(22-23(2)3)36-34(42)43-35(7,8)9)30(27-20-16-19-26(6)31(27)39)32(40)37-29-24(4)17-15-18-25(29)5/h15-20,23,28,30,39H,10-14,21-22H2,1-9H3,(H,36,42)(H,37,40). The second kappa shape index (κ2) is 16.3. The minimum absolute atomic E-state index is 0.0338. The zero-order valence-electron chi connectivity index (χ0n) is 27.7. The molecule has 0 spiro atoms. The number of carbonyl (C=O) groups is 3. The number of phenols is 1. The smallest absolute Gasteiger partial charge is 0.408 e. The summed E-state index contributed by atoms with van der Waals surface area (Å²) in [7, 11) is 0. The van der Waals surface area contributed by atoms with Gasteiger partial charge < -0.3 is 25.4 Å². The third-order valence-electron chi connectivity index (χ3n) is 7.33. The van der Waals surface area contributed by atoms with E-state index in [1.165, 1.54) is 4.90 Å². The Bertz CT molecular complexity index is 1210. The Balaban J connectivity index is 2.63. The Morgan fingerprint density at radius 1 is 0.907 bits per heavy atom. The molecule has 2 rings (SSSR count). The molecule has 0 aliphatic rings. The van der Waals surface area contributed by atoms with Crippen molar-refractivity contribution in [1.82, 2.24) is 10.2 Å². The molecule has 2 unspecified atom stereocenters. The summed E-state index contributed by atoms with van der Waals surface area (Å²) in [5.74, 6) is -0.781. The van der Waals surface area contributed by atoms with Crippen molar-refractivity contribution in [3.05, 3.63) is 58.7 Å². The molecule has 0 heterocycles. The van der Waals surface area contributed by atoms with Crippen LogP contribution < -0.4 is 10.6 Å². The lowest BCUT2D eigenvalue weighted by atomic mass is 9.96. The highest BCUT2D eigenvalue weighted by Crippen LogP contribution is 2.34. The normalized spacial score (nSPS) is 12.9. The molecule has 0 aromatic heterocycles. The molecule has 8 nitrogen and oxygen atoms in total. The van der Waals surface area contributed by atoms with Gasteiger partial charge in [0, 0.05) is 17.8 Å². The van der Waals surface area contributed by atoms with Crippen LogP contribution >= 0.6 is 0 Å². The molecule has 3 N–H and O–H groups in total. The summed E-state index contributed by atoms with van der Waals surface area (Å²) in [6.45, 7) is 17.3. The van der Waals surface area contributed by atoms with Crippen LogP contribution in [0.1, 0.15) is 108 Å². The minimum atomic E-state index is -1.13. The van der Waals surface area contributed by atoms with Crippen LogP contribution in [0, 0.1) is 26.7 Å². The molecule has 0 aliphatic heterocycles. The maximum Gasteiger partial charge on any atom is 0.408 e. The van der Waals surface area contributed by atoms with Crippen molar-refractivity contribution in [3.8, 4) is 5.75 Å². The predicted octanol–water partition coefficient (Wildman–Crippen LogP) is 7.74. The lowest BCUT2D eigenvalue weighted by Crippen LogP contribution is -2.53. The van der Waals surface area contributed by atoms with Crippen LogP contribution in [0.5, 0.6) is 5.75 Å². The van der Waals surface area contributed by atoms with E-state index in [0.717, 1.165) is 36.8 Å². The van der Waals surface area contributed by atoms with Crippen molar-refractivity contribution in [1.29, 1.82) is 0 Å². The highest BCUT2D eigenvalue weighted by molar-refractivity contribution is 6.00. The van der Waals surface area contributed by atoms with Crippen molar-refractivity contribution in [2.24, 2.45) is 5.92 Å². The highest BCUT2D eigenvalue weighted by Gasteiger charge is 2.38. The van der Waals surface area contributed by atoms with Crippen molar-refractivity contribution in [3.63, 3.8) is 0 Å². The zero-order valence-corrected chi connectivity index (χ0v) is 27.7. The quantitative estimate of drug-likeness (QED) is 0.194. The monoisotopic (exact) mass is 595 g/mol. The number of unbranched alkanes of at least 4 members (excludes halogenated alkanes) is 4. The Hall–Kier alpha value is -3.55. The van der Waals surface area contributed by atoms with Crippen molar-refractivity contribution in [2.45, 2.75) is 119 Å². The van der Waals surface area contributed by atoms with Gasteiger partial charge in [-0.2, -0.15) is 0 Å². The first-order valence-corrected chi connectivity index (χ1v) is 15.6. The molecule has 8 heteroatoms. The highest BCUT2D eigenvalue weighted by atomic mass is 16.6. The SMILES string of the molecule is CCCCCCCN(C(=O)C(CC(C)C)NC(=O)OC(C)(C)C)C(C(=O)Nc1c(C)cccc1C)c1cccc(C)c1O. The second-order valence-electron chi connectivity index (χ2n) is 12.9. The molecular weight excluding hydrogens is 542 g/mol. The van der Waals surface area contributed by atoms with E-state index in [1.54, 1.807) is 45.9 Å². The molecule has 0 radical (unpaired) electrons. The number of para-hydroxylation sites is 2. The van der Waals surface area contributed by atoms with Crippen LogP contribution in [-0.2, 0) is 14.3 Å². The number of aromatic hydroxyl groups is 1. The van der Waals surface area contributed by atoms with E-state index in [1.807, 2.05) is 45.9 Å². The van der Waals surface area contributed by atoms with Crippen LogP contribution in [0.2, 0.25) is 0 Å². The van der Waals surface area contributed by atoms with E-state index < -0.39 is 35.6 Å². The number of aryl methyl sites for hydroxylation is 3. The van der Waals surface area contributed by atoms with Gasteiger partial charge in [0.25, 0.3) is 5.91 Å². The van der Waals surface area contributed by atoms with E-state index in [0.29, 0.717) is 29.7 Å². The van der Waals surface area contributed by atoms with Crippen LogP contribution in [0.3, 0.4) is 0 Å². The summed E-state index contributed by atoms with van der Waals surface area (Å²) in [6, 6.07) is 8.94. The van der Waals surface area contributed by atoms with Crippen LogP contribution in [0.25, 0.3) is 0 Å². The maximum absolute atomic E-state index is 14.5. The Labute approximate surface area is 258 Å². The lowest BCUT2D eigenvalue weighted by molar-refractivity contribution is -0.141. The number of amides is 3. The number of nitrogens with one attached hydrogen (secondary N) is 2. The number of carbonyl (C=O) groups excluding carboxylic acids is 3. The molecule has 0 saturated heterocycles. The van der Waals surface area contributed by atoms with Gasteiger partial charge in [-0.15, -0.1) is 0 Å². The van der Waals surface area contributed by atoms with Gasteiger partial charge in [-0.3, -0.25) is 9.59 Å². The van der Waals surface area contributed by atoms with Gasteiger partial charge in [0.15, 0.2) is 0 Å². The number of phenolic OH excluding ortho intramolecular Hbond substituents is 1. The third kappa shape index (κ3) is 10.9. The molecule has 2 aromatic carbocycles. The fourth-order valence-corrected chi connectivity index (χ4v) is 5.15. The Morgan fingerprint density at radius 3 is 2.07 bits per heavy atom. The predicted molar refractivity (Wildman–Crippen MR) is 173 cm³/mol. The van der Waals surface area contributed by atoms with E-state index >= 15 is 0 Å². The van der Waals surface area contributed by atoms with Crippen molar-refractivity contribution in [2.75, 3.05) is 11.9 Å². The van der Waals surface area contributed by atoms with Crippen LogP contribution in [0.15, 0.2) is 36.4 Å². The molecule has 0 aliphatic carbocycles. The van der Waals surface area contributed by atoms with Gasteiger partial charge >= 0.3 is 6.09 Å². The fraction of sp³-hybridized carbons (Fsp3) is 0.571. The molecular formula is C35H53N3O5. The van der Waals surface area contributed by atoms with Crippen molar-refractivity contribution < 1.29 is 24.2 Å². The first-order chi connectivity index (χ1) is 20.2. The van der Waals surface area contributed by atoms with E-state index in [2.05, 4.69) is 17.6 Å². The van der Waals surface area contributed by atoms with Gasteiger partial charge in [0.1, 0.15) is 23.4 Å². The zero-order chi connectivity index (χ0) is 32.3. The summed E-state index contributed by atoms with van der Waals surface area (Å²) >= 11 is 0. The van der Waals surface area contributed by atoms with Crippen LogP contribution in [0.4, 0.5) is 10.5 Å². The molecule has 0 bridgehead atoms. The molecule has 2 atom stereocenters. The van der Waals surface area contributed by atoms with Gasteiger partial charge in [0.05, 0.1) is 0 Å². The van der Waals surface area contributed by atoms with E-state index in [4.69, 9.17) is 4.74 Å². The summed E-state index contributed by atoms with van der Waals surface area (Å²) in [5.41, 5.74) is 2.65. The number of ether oxygens (including phenoxy) is 1. The molecule has 238 valence electrons. The van der Waals surface area contributed by atoms with Crippen LogP contribution in [-0.4, -0.2) is 46.1 Å². The van der Waals surface area contributed by atoms with E-state index in [9.17, 15) is 19.5 Å². The Kier molecular flexibility index (Phi) is 13.5. The topological polar surface area (TPSA) is 108 Å². The second-order valence-corrected chi connectivity index (χ2v) is 12.9. The summed E-state index contributed by atoms with van der Waals surface area (Å²) in [5, 5.41) is 17.1. The minimum Gasteiger partial charge on any atom is -0.507 e. The largest absolute Gasteiger partial charge is 0.507 e. The number of hydrogen-bond donors (Lipinski definition) is 3. The molecule has 0 saturated carbocycles. The van der Waals surface area contributed by atoms with E-state index in [-0.39, 0.29) is 18.2 Å². The molecule has 2 aromatic rings. The average molecular weight is 596 g/mol. The van der Waals surface area contributed by atoms with Gasteiger partial charge in [0.2, 0.25) is 5.91 Å². The third-order valence-corrected chi connectivity index (χ3v) is 7.33. The Morgan fingerprint density at radius 2 is 1.49 bits per heavy atom. The molecule has 43 heavy (non-hydrogen) atoms. The first-order valence-electron chi connectivity index (χ1n) is 15.6. The maximum atomic E-state index is 14.5. The number of hydrogen-bond acceptors (Lipinski definition) is 5. The van der Waals surface area contributed by atoms with Crippen molar-refractivity contribution >= 4 is 23.6 Å². The fourth-order valence-electron chi connectivity index (χ4n) is 5.15. The summed E-state index contributed by atoms with van der Waals surface area (Å²) in [6.07, 6.45) is 4.40. The number of alkyl carbamates (subject to hydrolysis) is 1. The summed E-state index contributed by atoms with van der Waals surface area (Å²) < 4.78 is 5.50. The number of nitrogens with zero attached hydrogens (tertiary/aromatic N) is 1. The van der Waals surface area contributed by atoms with Gasteiger partial charge in [-0.05, 0) is 77.0 Å². The number of benzene rings is 2. The number of rotatable bonds is 14. The average Bonchev–Trinajstić information content (AvgIpc) is 2.90. The van der Waals surface area contributed by atoms with Gasteiger partial charge in [-0.1, -0.05) is 82.9 Å². The summed E-state index contributed by atoms with van der Waals surface area (Å²) in [4.78, 5) is 43.2. The first kappa shape index (κ1) is 35.6. The van der Waals surface area contributed by atoms with Gasteiger partial charge in [-0.25, -0.2) is 4.79 Å². The molecule has 0 fully saturated rings. The number of anilines is 1. The molecule has 3 amide bonds. The lowest BCUT2D eigenvalue weighted by Gasteiger charge is -2.35.